The lowest BCUT2D eigenvalue weighted by atomic mass is 9.97. The van der Waals surface area contributed by atoms with Crippen LogP contribution in [0.3, 0.4) is 0 Å². The van der Waals surface area contributed by atoms with Crippen LogP contribution < -0.4 is 21.5 Å². The van der Waals surface area contributed by atoms with E-state index in [0.717, 1.165) is 36.1 Å². The summed E-state index contributed by atoms with van der Waals surface area (Å²) in [5.41, 5.74) is 1.36. The van der Waals surface area contributed by atoms with E-state index in [0.29, 0.717) is 18.9 Å². The van der Waals surface area contributed by atoms with Crippen molar-refractivity contribution in [2.45, 2.75) is 39.7 Å². The maximum atomic E-state index is 12.8. The van der Waals surface area contributed by atoms with Gasteiger partial charge in [-0.25, -0.2) is 4.79 Å². The third-order valence-electron chi connectivity index (χ3n) is 5.44. The normalized spacial score (nSPS) is 16.8. The topological polar surface area (TPSA) is 76.3 Å². The van der Waals surface area contributed by atoms with E-state index >= 15 is 0 Å². The van der Waals surface area contributed by atoms with Gasteiger partial charge in [0.25, 0.3) is 5.56 Å². The van der Waals surface area contributed by atoms with Gasteiger partial charge >= 0.3 is 5.69 Å². The predicted octanol–water partition coefficient (Wildman–Crippen LogP) is 1.98. The average Bonchev–Trinajstić information content (AvgIpc) is 2.72. The van der Waals surface area contributed by atoms with E-state index in [-0.39, 0.29) is 23.1 Å². The average molecular weight is 384 g/mol. The number of benzene rings is 1. The number of amides is 1. The fourth-order valence-electron chi connectivity index (χ4n) is 3.69. The fourth-order valence-corrected chi connectivity index (χ4v) is 3.69. The van der Waals surface area contributed by atoms with Gasteiger partial charge in [-0.05, 0) is 43.9 Å². The third kappa shape index (κ3) is 4.03. The first-order valence-electron chi connectivity index (χ1n) is 9.90. The number of anilines is 2. The summed E-state index contributed by atoms with van der Waals surface area (Å²) in [6.07, 6.45) is 2.58. The van der Waals surface area contributed by atoms with Gasteiger partial charge in [0, 0.05) is 38.4 Å². The van der Waals surface area contributed by atoms with Crippen molar-refractivity contribution in [3.05, 3.63) is 56.7 Å². The highest BCUT2D eigenvalue weighted by molar-refractivity contribution is 5.93. The summed E-state index contributed by atoms with van der Waals surface area (Å²) in [6, 6.07) is 9.37. The van der Waals surface area contributed by atoms with E-state index in [1.165, 1.54) is 18.7 Å². The molecule has 150 valence electrons. The second-order valence-corrected chi connectivity index (χ2v) is 7.25. The molecule has 1 N–H and O–H groups in total. The lowest BCUT2D eigenvalue weighted by Crippen LogP contribution is -2.46. The van der Waals surface area contributed by atoms with Crippen molar-refractivity contribution in [2.24, 2.45) is 13.0 Å². The first-order chi connectivity index (χ1) is 13.4. The number of aromatic nitrogens is 2. The lowest BCUT2D eigenvalue weighted by molar-refractivity contribution is -0.120. The smallest absolute Gasteiger partial charge is 0.332 e. The minimum atomic E-state index is -0.327. The van der Waals surface area contributed by atoms with Gasteiger partial charge in [-0.3, -0.25) is 18.7 Å². The lowest BCUT2D eigenvalue weighted by Gasteiger charge is -2.34. The third-order valence-corrected chi connectivity index (χ3v) is 5.44. The number of hydrogen-bond acceptors (Lipinski definition) is 4. The zero-order valence-corrected chi connectivity index (χ0v) is 16.8. The Kier molecular flexibility index (Phi) is 6.02. The maximum Gasteiger partial charge on any atom is 0.332 e. The predicted molar refractivity (Wildman–Crippen MR) is 111 cm³/mol. The molecule has 1 aromatic carbocycles. The van der Waals surface area contributed by atoms with E-state index in [4.69, 9.17) is 0 Å². The Morgan fingerprint density at radius 2 is 1.89 bits per heavy atom. The summed E-state index contributed by atoms with van der Waals surface area (Å²) in [6.45, 7) is 5.66. The highest BCUT2D eigenvalue weighted by Gasteiger charge is 2.28. The molecule has 1 amide bonds. The Hall–Kier alpha value is -2.83. The Morgan fingerprint density at radius 1 is 1.18 bits per heavy atom. The van der Waals surface area contributed by atoms with Crippen molar-refractivity contribution in [3.8, 4) is 0 Å². The molecule has 1 aliphatic heterocycles. The molecule has 2 heterocycles. The minimum Gasteiger partial charge on any atom is -0.357 e. The molecule has 0 spiro atoms. The van der Waals surface area contributed by atoms with Gasteiger partial charge in [-0.1, -0.05) is 19.1 Å². The van der Waals surface area contributed by atoms with Gasteiger partial charge in [-0.15, -0.1) is 0 Å². The number of carbonyl (C=O) groups is 1. The quantitative estimate of drug-likeness (QED) is 0.855. The second kappa shape index (κ2) is 8.46. The van der Waals surface area contributed by atoms with E-state index in [2.05, 4.69) is 12.2 Å². The maximum absolute atomic E-state index is 12.8. The van der Waals surface area contributed by atoms with E-state index in [1.807, 2.05) is 36.1 Å². The Labute approximate surface area is 164 Å². The van der Waals surface area contributed by atoms with Crippen LogP contribution in [0.4, 0.5) is 11.5 Å². The van der Waals surface area contributed by atoms with Crippen molar-refractivity contribution in [3.63, 3.8) is 0 Å². The molecule has 1 aromatic heterocycles. The summed E-state index contributed by atoms with van der Waals surface area (Å²) >= 11 is 0. The summed E-state index contributed by atoms with van der Waals surface area (Å²) in [5.74, 6) is 0.382. The molecule has 0 aliphatic carbocycles. The molecule has 0 saturated carbocycles. The van der Waals surface area contributed by atoms with Crippen LogP contribution in [0.2, 0.25) is 0 Å². The van der Waals surface area contributed by atoms with Crippen molar-refractivity contribution in [2.75, 3.05) is 23.3 Å². The van der Waals surface area contributed by atoms with Gasteiger partial charge in [0.05, 0.1) is 5.92 Å². The summed E-state index contributed by atoms with van der Waals surface area (Å²) < 4.78 is 2.70. The molecule has 0 radical (unpaired) electrons. The molecule has 2 aromatic rings. The number of piperidine rings is 1. The van der Waals surface area contributed by atoms with Crippen LogP contribution in [-0.4, -0.2) is 28.1 Å². The van der Waals surface area contributed by atoms with E-state index in [9.17, 15) is 14.4 Å². The van der Waals surface area contributed by atoms with Crippen LogP contribution in [-0.2, 0) is 24.8 Å². The summed E-state index contributed by atoms with van der Waals surface area (Å²) in [5, 5.41) is 3.00. The van der Waals surface area contributed by atoms with Gasteiger partial charge in [0.2, 0.25) is 5.91 Å². The first kappa shape index (κ1) is 19.9. The number of rotatable bonds is 5. The van der Waals surface area contributed by atoms with E-state index < -0.39 is 0 Å². The first-order valence-corrected chi connectivity index (χ1v) is 9.90. The Bertz CT molecular complexity index is 959. The van der Waals surface area contributed by atoms with Gasteiger partial charge in [0.1, 0.15) is 5.82 Å². The zero-order valence-electron chi connectivity index (χ0n) is 16.8. The van der Waals surface area contributed by atoms with Crippen LogP contribution in [0.25, 0.3) is 0 Å². The number of hydrogen-bond donors (Lipinski definition) is 1. The minimum absolute atomic E-state index is 0.0248. The van der Waals surface area contributed by atoms with Crippen LogP contribution in [0.1, 0.15) is 32.3 Å². The standard InChI is InChI=1S/C21H28N4O3/c1-4-15-8-10-17(11-9-15)22-20(27)16-7-6-12-24(14-16)18-13-19(26)23(3)21(28)25(18)5-2/h8-11,13,16H,4-7,12,14H2,1-3H3,(H,22,27)/t16-/m0/s1. The number of aryl methyl sites for hydroxylation is 1. The van der Waals surface area contributed by atoms with Crippen LogP contribution in [0.5, 0.6) is 0 Å². The van der Waals surface area contributed by atoms with E-state index in [1.54, 1.807) is 4.57 Å². The molecule has 1 atom stereocenters. The highest BCUT2D eigenvalue weighted by atomic mass is 16.2. The van der Waals surface area contributed by atoms with Crippen molar-refractivity contribution in [1.82, 2.24) is 9.13 Å². The molecule has 0 bridgehead atoms. The van der Waals surface area contributed by atoms with Crippen LogP contribution in [0.15, 0.2) is 39.9 Å². The van der Waals surface area contributed by atoms with Gasteiger partial charge < -0.3 is 10.2 Å². The van der Waals surface area contributed by atoms with Gasteiger partial charge in [-0.2, -0.15) is 0 Å². The van der Waals surface area contributed by atoms with Crippen LogP contribution >= 0.6 is 0 Å². The van der Waals surface area contributed by atoms with Crippen molar-refractivity contribution < 1.29 is 4.79 Å². The van der Waals surface area contributed by atoms with Crippen LogP contribution in [0, 0.1) is 5.92 Å². The molecule has 1 saturated heterocycles. The molecular formula is C21H28N4O3. The molecule has 28 heavy (non-hydrogen) atoms. The summed E-state index contributed by atoms with van der Waals surface area (Å²) in [4.78, 5) is 39.3. The summed E-state index contributed by atoms with van der Waals surface area (Å²) in [7, 11) is 1.48. The fraction of sp³-hybridized carbons (Fsp3) is 0.476. The number of carbonyl (C=O) groups excluding carboxylic acids is 1. The molecule has 1 aliphatic rings. The number of nitrogens with one attached hydrogen (secondary N) is 1. The second-order valence-electron chi connectivity index (χ2n) is 7.25. The highest BCUT2D eigenvalue weighted by Crippen LogP contribution is 2.23. The monoisotopic (exact) mass is 384 g/mol. The molecule has 3 rings (SSSR count). The molecule has 7 nitrogen and oxygen atoms in total. The SMILES string of the molecule is CCc1ccc(NC(=O)[C@H]2CCCN(c3cc(=O)n(C)c(=O)n3CC)C2)cc1. The Balaban J connectivity index is 1.77. The van der Waals surface area contributed by atoms with Crippen molar-refractivity contribution >= 4 is 17.4 Å². The molecule has 7 heteroatoms. The Morgan fingerprint density at radius 3 is 2.54 bits per heavy atom. The molecule has 1 fully saturated rings. The molecular weight excluding hydrogens is 356 g/mol. The zero-order chi connectivity index (χ0) is 20.3. The number of nitrogens with zero attached hydrogens (tertiary/aromatic N) is 3. The van der Waals surface area contributed by atoms with Gasteiger partial charge in [0.15, 0.2) is 0 Å². The van der Waals surface area contributed by atoms with Crippen molar-refractivity contribution in [1.29, 1.82) is 0 Å². The largest absolute Gasteiger partial charge is 0.357 e. The molecule has 0 unspecified atom stereocenters.